The molecule has 1 atom stereocenters. The minimum absolute atomic E-state index is 0.135. The van der Waals surface area contributed by atoms with Crippen LogP contribution in [0, 0.1) is 5.41 Å². The number of nitrogens with zero attached hydrogens (tertiary/aromatic N) is 3. The van der Waals surface area contributed by atoms with Gasteiger partial charge in [-0.05, 0) is 44.7 Å². The van der Waals surface area contributed by atoms with Crippen molar-refractivity contribution < 1.29 is 13.2 Å². The molecule has 0 aromatic heterocycles. The first-order valence-electron chi connectivity index (χ1n) is 8.22. The van der Waals surface area contributed by atoms with Crippen LogP contribution < -0.4 is 0 Å². The fourth-order valence-corrected chi connectivity index (χ4v) is 5.09. The Hall–Kier alpha value is -0.660. The lowest BCUT2D eigenvalue weighted by Crippen LogP contribution is -2.55. The molecule has 0 saturated carbocycles. The van der Waals surface area contributed by atoms with Crippen molar-refractivity contribution in [2.45, 2.75) is 38.1 Å². The van der Waals surface area contributed by atoms with Crippen LogP contribution in [0.2, 0.25) is 0 Å². The Morgan fingerprint density at radius 1 is 1.14 bits per heavy atom. The third-order valence-corrected chi connectivity index (χ3v) is 7.06. The van der Waals surface area contributed by atoms with E-state index < -0.39 is 10.0 Å². The predicted octanol–water partition coefficient (Wildman–Crippen LogP) is 0.355. The molecule has 3 aliphatic rings. The third kappa shape index (κ3) is 3.16. The molecular weight excluding hydrogens is 302 g/mol. The van der Waals surface area contributed by atoms with E-state index >= 15 is 0 Å². The quantitative estimate of drug-likeness (QED) is 0.734. The Morgan fingerprint density at radius 3 is 2.36 bits per heavy atom. The molecule has 3 fully saturated rings. The summed E-state index contributed by atoms with van der Waals surface area (Å²) in [4.78, 5) is 16.7. The zero-order valence-electron chi connectivity index (χ0n) is 13.6. The number of likely N-dealkylation sites (N-methyl/N-ethyl adjacent to an activating group) is 1. The van der Waals surface area contributed by atoms with Gasteiger partial charge in [0, 0.05) is 38.6 Å². The number of rotatable bonds is 2. The number of carbonyl (C=O) groups excluding carboxylic acids is 1. The molecule has 0 bridgehead atoms. The van der Waals surface area contributed by atoms with E-state index in [0.717, 1.165) is 45.3 Å². The Bertz CT molecular complexity index is 540. The highest BCUT2D eigenvalue weighted by atomic mass is 32.2. The number of piperidine rings is 2. The van der Waals surface area contributed by atoms with Crippen molar-refractivity contribution in [3.05, 3.63) is 0 Å². The fraction of sp³-hybridized carbons (Fsp3) is 0.933. The molecule has 6 nitrogen and oxygen atoms in total. The van der Waals surface area contributed by atoms with Crippen molar-refractivity contribution in [1.82, 2.24) is 14.1 Å². The Morgan fingerprint density at radius 2 is 1.82 bits per heavy atom. The fourth-order valence-electron chi connectivity index (χ4n) is 4.24. The molecule has 3 rings (SSSR count). The summed E-state index contributed by atoms with van der Waals surface area (Å²) in [6, 6.07) is 0.350. The van der Waals surface area contributed by atoms with Crippen molar-refractivity contribution in [2.75, 3.05) is 46.0 Å². The van der Waals surface area contributed by atoms with Crippen LogP contribution in [-0.2, 0) is 14.8 Å². The summed E-state index contributed by atoms with van der Waals surface area (Å²) in [5.74, 6) is 0.288. The lowest BCUT2D eigenvalue weighted by Gasteiger charge is -2.48. The van der Waals surface area contributed by atoms with Gasteiger partial charge in [0.1, 0.15) is 0 Å². The number of hydrogen-bond acceptors (Lipinski definition) is 4. The smallest absolute Gasteiger partial charge is 0.222 e. The summed E-state index contributed by atoms with van der Waals surface area (Å²) >= 11 is 0. The lowest BCUT2D eigenvalue weighted by molar-refractivity contribution is -0.141. The van der Waals surface area contributed by atoms with E-state index in [-0.39, 0.29) is 11.3 Å². The Balaban J connectivity index is 1.67. The van der Waals surface area contributed by atoms with E-state index in [4.69, 9.17) is 0 Å². The minimum Gasteiger partial charge on any atom is -0.338 e. The van der Waals surface area contributed by atoms with Gasteiger partial charge in [0.05, 0.1) is 6.26 Å². The molecule has 7 heteroatoms. The molecule has 3 aliphatic heterocycles. The zero-order chi connectivity index (χ0) is 16.0. The molecule has 1 unspecified atom stereocenters. The van der Waals surface area contributed by atoms with Crippen LogP contribution in [0.5, 0.6) is 0 Å². The van der Waals surface area contributed by atoms with Crippen molar-refractivity contribution in [1.29, 1.82) is 0 Å². The largest absolute Gasteiger partial charge is 0.338 e. The van der Waals surface area contributed by atoms with Crippen molar-refractivity contribution in [3.8, 4) is 0 Å². The molecule has 0 radical (unpaired) electrons. The molecule has 1 spiro atoms. The SMILES string of the molecule is CN1CCC(N2CC3(CCC2=O)CCN(S(C)(=O)=O)CC3)C1. The first-order valence-corrected chi connectivity index (χ1v) is 10.1. The van der Waals surface area contributed by atoms with E-state index in [2.05, 4.69) is 16.8 Å². The molecule has 3 saturated heterocycles. The average Bonchev–Trinajstić information content (AvgIpc) is 2.88. The molecular formula is C15H27N3O3S. The van der Waals surface area contributed by atoms with Gasteiger partial charge in [-0.1, -0.05) is 0 Å². The van der Waals surface area contributed by atoms with Gasteiger partial charge in [-0.3, -0.25) is 4.79 Å². The molecule has 0 aliphatic carbocycles. The number of likely N-dealkylation sites (tertiary alicyclic amines) is 2. The van der Waals surface area contributed by atoms with Gasteiger partial charge < -0.3 is 9.80 Å². The molecule has 3 heterocycles. The normalized spacial score (nSPS) is 31.1. The molecule has 0 aromatic rings. The summed E-state index contributed by atoms with van der Waals surface area (Å²) in [6.45, 7) is 4.05. The maximum atomic E-state index is 12.3. The molecule has 0 N–H and O–H groups in total. The van der Waals surface area contributed by atoms with Crippen LogP contribution in [-0.4, -0.2) is 80.5 Å². The third-order valence-electron chi connectivity index (χ3n) is 5.75. The first kappa shape index (κ1) is 16.2. The summed E-state index contributed by atoms with van der Waals surface area (Å²) in [5.41, 5.74) is 0.135. The van der Waals surface area contributed by atoms with Gasteiger partial charge in [-0.25, -0.2) is 12.7 Å². The van der Waals surface area contributed by atoms with Gasteiger partial charge in [0.2, 0.25) is 15.9 Å². The van der Waals surface area contributed by atoms with Gasteiger partial charge in [0.25, 0.3) is 0 Å². The van der Waals surface area contributed by atoms with E-state index in [9.17, 15) is 13.2 Å². The highest BCUT2D eigenvalue weighted by molar-refractivity contribution is 7.88. The second-order valence-corrected chi connectivity index (χ2v) is 9.37. The van der Waals surface area contributed by atoms with Crippen molar-refractivity contribution in [3.63, 3.8) is 0 Å². The standard InChI is InChI=1S/C15H27N3O3S/c1-16-8-4-13(11-16)18-12-15(5-3-14(18)19)6-9-17(10-7-15)22(2,20)21/h13H,3-12H2,1-2H3. The topological polar surface area (TPSA) is 60.9 Å². The molecule has 0 aromatic carbocycles. The van der Waals surface area contributed by atoms with Crippen molar-refractivity contribution >= 4 is 15.9 Å². The number of sulfonamides is 1. The highest BCUT2D eigenvalue weighted by Crippen LogP contribution is 2.41. The second kappa shape index (κ2) is 5.76. The predicted molar refractivity (Wildman–Crippen MR) is 84.9 cm³/mol. The summed E-state index contributed by atoms with van der Waals surface area (Å²) in [7, 11) is -0.976. The van der Waals surface area contributed by atoms with Crippen molar-refractivity contribution in [2.24, 2.45) is 5.41 Å². The number of amides is 1. The first-order chi connectivity index (χ1) is 10.3. The average molecular weight is 329 g/mol. The highest BCUT2D eigenvalue weighted by Gasteiger charge is 2.44. The van der Waals surface area contributed by atoms with Crippen LogP contribution >= 0.6 is 0 Å². The minimum atomic E-state index is -3.08. The monoisotopic (exact) mass is 329 g/mol. The van der Waals surface area contributed by atoms with E-state index in [1.54, 1.807) is 4.31 Å². The molecule has 126 valence electrons. The summed E-state index contributed by atoms with van der Waals surface area (Å²) in [6.07, 6.45) is 5.66. The van der Waals surface area contributed by atoms with E-state index in [1.807, 2.05) is 0 Å². The summed E-state index contributed by atoms with van der Waals surface area (Å²) < 4.78 is 24.9. The second-order valence-electron chi connectivity index (χ2n) is 7.39. The Labute approximate surface area is 133 Å². The van der Waals surface area contributed by atoms with Gasteiger partial charge in [-0.15, -0.1) is 0 Å². The van der Waals surface area contributed by atoms with E-state index in [0.29, 0.717) is 25.6 Å². The van der Waals surface area contributed by atoms with Crippen LogP contribution in [0.15, 0.2) is 0 Å². The number of carbonyl (C=O) groups is 1. The van der Waals surface area contributed by atoms with Gasteiger partial charge in [-0.2, -0.15) is 0 Å². The van der Waals surface area contributed by atoms with Gasteiger partial charge >= 0.3 is 0 Å². The van der Waals surface area contributed by atoms with Crippen LogP contribution in [0.1, 0.15) is 32.1 Å². The molecule has 22 heavy (non-hydrogen) atoms. The van der Waals surface area contributed by atoms with Crippen LogP contribution in [0.4, 0.5) is 0 Å². The maximum Gasteiger partial charge on any atom is 0.222 e. The lowest BCUT2D eigenvalue weighted by atomic mass is 9.72. The van der Waals surface area contributed by atoms with E-state index in [1.165, 1.54) is 6.26 Å². The van der Waals surface area contributed by atoms with Crippen LogP contribution in [0.3, 0.4) is 0 Å². The Kier molecular flexibility index (Phi) is 4.24. The number of hydrogen-bond donors (Lipinski definition) is 0. The van der Waals surface area contributed by atoms with Crippen LogP contribution in [0.25, 0.3) is 0 Å². The van der Waals surface area contributed by atoms with Gasteiger partial charge in [0.15, 0.2) is 0 Å². The summed E-state index contributed by atoms with van der Waals surface area (Å²) in [5, 5.41) is 0. The molecule has 1 amide bonds. The maximum absolute atomic E-state index is 12.3. The zero-order valence-corrected chi connectivity index (χ0v) is 14.4.